The Morgan fingerprint density at radius 1 is 1.38 bits per heavy atom. The Morgan fingerprint density at radius 2 is 2.00 bits per heavy atom. The fourth-order valence-corrected chi connectivity index (χ4v) is 1.40. The van der Waals surface area contributed by atoms with E-state index in [0.717, 1.165) is 0 Å². The molecule has 1 heterocycles. The topological polar surface area (TPSA) is 12.9 Å². The first-order chi connectivity index (χ1) is 6.06. The third kappa shape index (κ3) is 2.18. The normalized spacial score (nSPS) is 10.9. The van der Waals surface area contributed by atoms with Crippen molar-refractivity contribution >= 4 is 15.9 Å². The highest BCUT2D eigenvalue weighted by Gasteiger charge is 2.19. The molecule has 72 valence electrons. The second-order valence-corrected chi connectivity index (χ2v) is 2.79. The van der Waals surface area contributed by atoms with Crippen LogP contribution in [-0.4, -0.2) is 4.98 Å². The number of rotatable bonds is 2. The van der Waals surface area contributed by atoms with Gasteiger partial charge in [-0.1, -0.05) is 15.9 Å². The van der Waals surface area contributed by atoms with Gasteiger partial charge in [0, 0.05) is 17.0 Å². The summed E-state index contributed by atoms with van der Waals surface area (Å²) in [7, 11) is 0. The highest BCUT2D eigenvalue weighted by atomic mass is 79.9. The average molecular weight is 258 g/mol. The molecule has 0 amide bonds. The number of alkyl halides is 3. The third-order valence-corrected chi connectivity index (χ3v) is 1.97. The quantitative estimate of drug-likeness (QED) is 0.451. The van der Waals surface area contributed by atoms with Crippen LogP contribution >= 0.6 is 15.9 Å². The van der Waals surface area contributed by atoms with E-state index in [1.54, 1.807) is 0 Å². The van der Waals surface area contributed by atoms with E-state index in [1.807, 2.05) is 0 Å². The zero-order valence-corrected chi connectivity index (χ0v) is 7.78. The molecule has 0 fully saturated rings. The maximum atomic E-state index is 12.8. The van der Waals surface area contributed by atoms with Crippen molar-refractivity contribution < 1.29 is 17.6 Å². The van der Waals surface area contributed by atoms with Crippen LogP contribution in [-0.2, 0) is 5.33 Å². The summed E-state index contributed by atoms with van der Waals surface area (Å²) in [6, 6.07) is 0.475. The highest BCUT2D eigenvalue weighted by Crippen LogP contribution is 2.25. The predicted octanol–water partition coefficient (Wildman–Crippen LogP) is 3.19. The van der Waals surface area contributed by atoms with Gasteiger partial charge >= 0.3 is 0 Å². The largest absolute Gasteiger partial charge is 0.280 e. The molecule has 0 aliphatic carbocycles. The van der Waals surface area contributed by atoms with Gasteiger partial charge in [0.25, 0.3) is 6.43 Å². The Morgan fingerprint density at radius 3 is 2.46 bits per heavy atom. The summed E-state index contributed by atoms with van der Waals surface area (Å²) in [4.78, 5) is 2.92. The number of hydrogen-bond acceptors (Lipinski definition) is 1. The molecule has 1 aromatic rings. The van der Waals surface area contributed by atoms with Crippen molar-refractivity contribution in [2.45, 2.75) is 11.8 Å². The maximum absolute atomic E-state index is 12.8. The van der Waals surface area contributed by atoms with E-state index >= 15 is 0 Å². The van der Waals surface area contributed by atoms with E-state index in [0.29, 0.717) is 6.07 Å². The molecule has 1 nitrogen and oxygen atoms in total. The summed E-state index contributed by atoms with van der Waals surface area (Å²) in [5.74, 6) is -2.25. The van der Waals surface area contributed by atoms with Crippen molar-refractivity contribution in [2.75, 3.05) is 0 Å². The molecule has 1 aromatic heterocycles. The molecule has 0 spiro atoms. The SMILES string of the molecule is Fc1cc(F)c(CBr)c(C(F)F)n1. The van der Waals surface area contributed by atoms with Crippen molar-refractivity contribution in [3.8, 4) is 0 Å². The Hall–Kier alpha value is -0.650. The summed E-state index contributed by atoms with van der Waals surface area (Å²) in [6.45, 7) is 0. The summed E-state index contributed by atoms with van der Waals surface area (Å²) in [5.41, 5.74) is -1.16. The van der Waals surface area contributed by atoms with Gasteiger partial charge in [0.2, 0.25) is 5.95 Å². The van der Waals surface area contributed by atoms with E-state index in [9.17, 15) is 17.6 Å². The van der Waals surface area contributed by atoms with Crippen LogP contribution < -0.4 is 0 Å². The maximum Gasteiger partial charge on any atom is 0.280 e. The van der Waals surface area contributed by atoms with Crippen molar-refractivity contribution in [1.29, 1.82) is 0 Å². The summed E-state index contributed by atoms with van der Waals surface area (Å²) in [6.07, 6.45) is -2.97. The first kappa shape index (κ1) is 10.4. The van der Waals surface area contributed by atoms with Crippen molar-refractivity contribution in [3.05, 3.63) is 29.1 Å². The minimum Gasteiger partial charge on any atom is -0.218 e. The number of hydrogen-bond donors (Lipinski definition) is 0. The van der Waals surface area contributed by atoms with E-state index in [4.69, 9.17) is 0 Å². The van der Waals surface area contributed by atoms with Crippen LogP contribution in [0, 0.1) is 11.8 Å². The van der Waals surface area contributed by atoms with Crippen molar-refractivity contribution in [1.82, 2.24) is 4.98 Å². The number of aromatic nitrogens is 1. The van der Waals surface area contributed by atoms with Gasteiger partial charge in [-0.15, -0.1) is 0 Å². The van der Waals surface area contributed by atoms with Gasteiger partial charge in [0.05, 0.1) is 0 Å². The van der Waals surface area contributed by atoms with Gasteiger partial charge in [0.1, 0.15) is 11.5 Å². The number of pyridine rings is 1. The van der Waals surface area contributed by atoms with E-state index < -0.39 is 23.9 Å². The van der Waals surface area contributed by atoms with Crippen LogP contribution in [0.2, 0.25) is 0 Å². The first-order valence-electron chi connectivity index (χ1n) is 3.25. The molecule has 0 unspecified atom stereocenters. The molecule has 0 aromatic carbocycles. The second kappa shape index (κ2) is 4.04. The van der Waals surface area contributed by atoms with E-state index in [2.05, 4.69) is 20.9 Å². The average Bonchev–Trinajstić information content (AvgIpc) is 2.02. The summed E-state index contributed by atoms with van der Waals surface area (Å²) < 4.78 is 49.5. The summed E-state index contributed by atoms with van der Waals surface area (Å²) in [5, 5.41) is -0.119. The molecule has 0 bridgehead atoms. The lowest BCUT2D eigenvalue weighted by Gasteiger charge is -2.05. The molecular formula is C7H4BrF4N. The van der Waals surface area contributed by atoms with Crippen LogP contribution in [0.5, 0.6) is 0 Å². The third-order valence-electron chi connectivity index (χ3n) is 1.41. The van der Waals surface area contributed by atoms with Gasteiger partial charge in [-0.3, -0.25) is 0 Å². The Balaban J connectivity index is 3.29. The number of nitrogens with zero attached hydrogens (tertiary/aromatic N) is 1. The van der Waals surface area contributed by atoms with Gasteiger partial charge in [-0.2, -0.15) is 4.39 Å². The molecule has 6 heteroatoms. The lowest BCUT2D eigenvalue weighted by Crippen LogP contribution is -2.02. The molecule has 0 aliphatic rings. The first-order valence-corrected chi connectivity index (χ1v) is 4.37. The zero-order chi connectivity index (χ0) is 10.0. The predicted molar refractivity (Wildman–Crippen MR) is 41.7 cm³/mol. The highest BCUT2D eigenvalue weighted by molar-refractivity contribution is 9.08. The minimum atomic E-state index is -2.97. The Labute approximate surface area is 79.9 Å². The fourth-order valence-electron chi connectivity index (χ4n) is 0.842. The standard InChI is InChI=1S/C7H4BrF4N/c8-2-3-4(9)1-5(10)13-6(3)7(11)12/h1,7H,2H2. The van der Waals surface area contributed by atoms with Crippen molar-refractivity contribution in [2.24, 2.45) is 0 Å². The zero-order valence-electron chi connectivity index (χ0n) is 6.20. The minimum absolute atomic E-state index is 0.119. The smallest absolute Gasteiger partial charge is 0.218 e. The molecule has 0 atom stereocenters. The van der Waals surface area contributed by atoms with Gasteiger partial charge in [-0.05, 0) is 0 Å². The molecule has 0 N–H and O–H groups in total. The van der Waals surface area contributed by atoms with Gasteiger partial charge in [-0.25, -0.2) is 18.2 Å². The second-order valence-electron chi connectivity index (χ2n) is 2.22. The van der Waals surface area contributed by atoms with Crippen LogP contribution in [0.3, 0.4) is 0 Å². The lowest BCUT2D eigenvalue weighted by atomic mass is 10.2. The number of halogens is 5. The van der Waals surface area contributed by atoms with Crippen LogP contribution in [0.4, 0.5) is 17.6 Å². The molecule has 0 saturated heterocycles. The lowest BCUT2D eigenvalue weighted by molar-refractivity contribution is 0.143. The molecule has 0 aliphatic heterocycles. The van der Waals surface area contributed by atoms with Crippen LogP contribution in [0.1, 0.15) is 17.7 Å². The van der Waals surface area contributed by atoms with Gasteiger partial charge < -0.3 is 0 Å². The van der Waals surface area contributed by atoms with Crippen LogP contribution in [0.25, 0.3) is 0 Å². The Bertz CT molecular complexity index is 316. The molecule has 1 rings (SSSR count). The molecular weight excluding hydrogens is 254 g/mol. The Kier molecular flexibility index (Phi) is 3.24. The van der Waals surface area contributed by atoms with Crippen LogP contribution in [0.15, 0.2) is 6.07 Å². The molecule has 13 heavy (non-hydrogen) atoms. The van der Waals surface area contributed by atoms with E-state index in [-0.39, 0.29) is 10.9 Å². The van der Waals surface area contributed by atoms with E-state index in [1.165, 1.54) is 0 Å². The van der Waals surface area contributed by atoms with Crippen molar-refractivity contribution in [3.63, 3.8) is 0 Å². The fraction of sp³-hybridized carbons (Fsp3) is 0.286. The summed E-state index contributed by atoms with van der Waals surface area (Å²) >= 11 is 2.82. The molecule has 0 saturated carbocycles. The monoisotopic (exact) mass is 257 g/mol. The van der Waals surface area contributed by atoms with Gasteiger partial charge in [0.15, 0.2) is 0 Å². The molecule has 0 radical (unpaired) electrons.